The maximum absolute atomic E-state index is 4.35. The van der Waals surface area contributed by atoms with Crippen LogP contribution in [0.3, 0.4) is 0 Å². The van der Waals surface area contributed by atoms with Crippen LogP contribution in [-0.4, -0.2) is 36.1 Å². The van der Waals surface area contributed by atoms with Crippen LogP contribution in [0.1, 0.15) is 24.4 Å². The average Bonchev–Trinajstić information content (AvgIpc) is 2.42. The highest BCUT2D eigenvalue weighted by atomic mass is 79.9. The smallest absolute Gasteiger partial charge is 0.110 e. The molecule has 0 aliphatic carbocycles. The van der Waals surface area contributed by atoms with Gasteiger partial charge in [0.1, 0.15) is 4.60 Å². The lowest BCUT2D eigenvalue weighted by molar-refractivity contribution is 0.165. The van der Waals surface area contributed by atoms with Crippen LogP contribution in [0, 0.1) is 0 Å². The largest absolute Gasteiger partial charge is 0.314 e. The topological polar surface area (TPSA) is 28.2 Å². The number of pyridine rings is 1. The van der Waals surface area contributed by atoms with Gasteiger partial charge in [0.05, 0.1) is 0 Å². The van der Waals surface area contributed by atoms with E-state index in [1.54, 1.807) is 0 Å². The number of nitrogens with zero attached hydrogens (tertiary/aromatic N) is 2. The second kappa shape index (κ2) is 7.02. The minimum Gasteiger partial charge on any atom is -0.314 e. The zero-order valence-corrected chi connectivity index (χ0v) is 12.2. The molecule has 1 saturated heterocycles. The third-order valence-corrected chi connectivity index (χ3v) is 4.05. The number of halogens is 1. The van der Waals surface area contributed by atoms with Crippen molar-refractivity contribution in [2.45, 2.75) is 18.9 Å². The van der Waals surface area contributed by atoms with E-state index in [-0.39, 0.29) is 0 Å². The van der Waals surface area contributed by atoms with Crippen LogP contribution in [0.25, 0.3) is 0 Å². The van der Waals surface area contributed by atoms with E-state index in [9.17, 15) is 0 Å². The van der Waals surface area contributed by atoms with E-state index >= 15 is 0 Å². The third-order valence-electron chi connectivity index (χ3n) is 3.38. The fourth-order valence-corrected chi connectivity index (χ4v) is 2.97. The monoisotopic (exact) mass is 309 g/mol. The molecule has 1 atom stereocenters. The summed E-state index contributed by atoms with van der Waals surface area (Å²) in [5, 5.41) is 3.40. The van der Waals surface area contributed by atoms with Crippen LogP contribution in [-0.2, 0) is 0 Å². The number of rotatable bonds is 5. The second-order valence-corrected chi connectivity index (χ2v) is 5.30. The van der Waals surface area contributed by atoms with Crippen molar-refractivity contribution in [2.24, 2.45) is 0 Å². The van der Waals surface area contributed by atoms with Crippen molar-refractivity contribution in [3.8, 4) is 0 Å². The number of allylic oxidation sites excluding steroid dienone is 1. The minimum atomic E-state index is 0.438. The molecule has 0 unspecified atom stereocenters. The first-order valence-corrected chi connectivity index (χ1v) is 7.28. The molecule has 0 aromatic carbocycles. The fourth-order valence-electron chi connectivity index (χ4n) is 2.45. The molecule has 3 nitrogen and oxygen atoms in total. The number of hydrogen-bond donors (Lipinski definition) is 1. The van der Waals surface area contributed by atoms with Gasteiger partial charge in [0, 0.05) is 44.0 Å². The first kappa shape index (κ1) is 13.7. The van der Waals surface area contributed by atoms with Gasteiger partial charge in [0.2, 0.25) is 0 Å². The Morgan fingerprint density at radius 3 is 2.94 bits per heavy atom. The van der Waals surface area contributed by atoms with Crippen LogP contribution in [0.5, 0.6) is 0 Å². The van der Waals surface area contributed by atoms with E-state index in [1.807, 2.05) is 18.3 Å². The Kier molecular flexibility index (Phi) is 5.35. The van der Waals surface area contributed by atoms with Crippen LogP contribution < -0.4 is 5.32 Å². The van der Waals surface area contributed by atoms with Gasteiger partial charge in [-0.3, -0.25) is 4.90 Å². The second-order valence-electron chi connectivity index (χ2n) is 4.55. The van der Waals surface area contributed by atoms with Crippen molar-refractivity contribution in [1.29, 1.82) is 0 Å². The standard InChI is InChI=1S/C14H20BrN3/c1-2-3-6-13(18-10-8-16-9-11-18)12-5-4-7-17-14(12)15/h2,4-5,7,13,16H,1,3,6,8-11H2/t13-/m1/s1. The van der Waals surface area contributed by atoms with E-state index in [0.29, 0.717) is 6.04 Å². The summed E-state index contributed by atoms with van der Waals surface area (Å²) in [5.74, 6) is 0. The quantitative estimate of drug-likeness (QED) is 0.669. The molecule has 0 spiro atoms. The minimum absolute atomic E-state index is 0.438. The summed E-state index contributed by atoms with van der Waals surface area (Å²) in [6, 6.07) is 4.63. The van der Waals surface area contributed by atoms with E-state index in [2.05, 4.69) is 43.8 Å². The lowest BCUT2D eigenvalue weighted by Crippen LogP contribution is -2.45. The van der Waals surface area contributed by atoms with Gasteiger partial charge in [0.25, 0.3) is 0 Å². The van der Waals surface area contributed by atoms with Crippen molar-refractivity contribution < 1.29 is 0 Å². The zero-order chi connectivity index (χ0) is 12.8. The van der Waals surface area contributed by atoms with Crippen molar-refractivity contribution in [3.05, 3.63) is 41.2 Å². The molecule has 1 fully saturated rings. The van der Waals surface area contributed by atoms with E-state index < -0.39 is 0 Å². The Labute approximate surface area is 117 Å². The first-order valence-electron chi connectivity index (χ1n) is 6.49. The summed E-state index contributed by atoms with van der Waals surface area (Å²) >= 11 is 3.58. The van der Waals surface area contributed by atoms with Gasteiger partial charge in [-0.15, -0.1) is 6.58 Å². The molecule has 2 rings (SSSR count). The Hall–Kier alpha value is -0.710. The normalized spacial score (nSPS) is 18.5. The summed E-state index contributed by atoms with van der Waals surface area (Å²) in [7, 11) is 0. The molecule has 98 valence electrons. The molecule has 2 heterocycles. The molecule has 1 aromatic rings. The molecule has 0 radical (unpaired) electrons. The molecule has 1 aliphatic heterocycles. The van der Waals surface area contributed by atoms with Gasteiger partial charge >= 0.3 is 0 Å². The van der Waals surface area contributed by atoms with Crippen LogP contribution in [0.15, 0.2) is 35.6 Å². The number of nitrogens with one attached hydrogen (secondary N) is 1. The molecular formula is C14H20BrN3. The molecule has 1 aromatic heterocycles. The van der Waals surface area contributed by atoms with Gasteiger partial charge in [-0.2, -0.15) is 0 Å². The highest BCUT2D eigenvalue weighted by Gasteiger charge is 2.23. The summed E-state index contributed by atoms with van der Waals surface area (Å²) in [6.07, 6.45) is 5.97. The Morgan fingerprint density at radius 1 is 1.50 bits per heavy atom. The highest BCUT2D eigenvalue weighted by molar-refractivity contribution is 9.10. The molecule has 0 amide bonds. The maximum atomic E-state index is 4.35. The van der Waals surface area contributed by atoms with Crippen LogP contribution in [0.2, 0.25) is 0 Å². The summed E-state index contributed by atoms with van der Waals surface area (Å²) in [5.41, 5.74) is 1.29. The van der Waals surface area contributed by atoms with Crippen molar-refractivity contribution in [3.63, 3.8) is 0 Å². The molecule has 0 saturated carbocycles. The maximum Gasteiger partial charge on any atom is 0.110 e. The molecule has 18 heavy (non-hydrogen) atoms. The molecule has 1 N–H and O–H groups in total. The molecular weight excluding hydrogens is 290 g/mol. The van der Waals surface area contributed by atoms with Gasteiger partial charge in [-0.05, 0) is 34.8 Å². The van der Waals surface area contributed by atoms with Gasteiger partial charge in [-0.25, -0.2) is 4.98 Å². The van der Waals surface area contributed by atoms with E-state index in [0.717, 1.165) is 43.6 Å². The predicted octanol–water partition coefficient (Wildman–Crippen LogP) is 2.76. The Bertz CT molecular complexity index is 388. The van der Waals surface area contributed by atoms with Gasteiger partial charge in [0.15, 0.2) is 0 Å². The molecule has 4 heteroatoms. The predicted molar refractivity (Wildman–Crippen MR) is 78.6 cm³/mol. The average molecular weight is 310 g/mol. The SMILES string of the molecule is C=CCC[C@H](c1cccnc1Br)N1CCNCC1. The number of piperazine rings is 1. The zero-order valence-electron chi connectivity index (χ0n) is 10.6. The number of hydrogen-bond acceptors (Lipinski definition) is 3. The van der Waals surface area contributed by atoms with Gasteiger partial charge < -0.3 is 5.32 Å². The first-order chi connectivity index (χ1) is 8.83. The summed E-state index contributed by atoms with van der Waals surface area (Å²) in [4.78, 5) is 6.89. The fraction of sp³-hybridized carbons (Fsp3) is 0.500. The van der Waals surface area contributed by atoms with Crippen molar-refractivity contribution in [1.82, 2.24) is 15.2 Å². The van der Waals surface area contributed by atoms with E-state index in [1.165, 1.54) is 5.56 Å². The van der Waals surface area contributed by atoms with E-state index in [4.69, 9.17) is 0 Å². The summed E-state index contributed by atoms with van der Waals surface area (Å²) < 4.78 is 0.970. The van der Waals surface area contributed by atoms with Crippen molar-refractivity contribution >= 4 is 15.9 Å². The van der Waals surface area contributed by atoms with Crippen LogP contribution >= 0.6 is 15.9 Å². The van der Waals surface area contributed by atoms with Gasteiger partial charge in [-0.1, -0.05) is 12.1 Å². The molecule has 1 aliphatic rings. The third kappa shape index (κ3) is 3.40. The summed E-state index contributed by atoms with van der Waals surface area (Å²) in [6.45, 7) is 8.18. The lowest BCUT2D eigenvalue weighted by atomic mass is 10.0. The molecule has 0 bridgehead atoms. The Morgan fingerprint density at radius 2 is 2.28 bits per heavy atom. The van der Waals surface area contributed by atoms with Crippen LogP contribution in [0.4, 0.5) is 0 Å². The number of aromatic nitrogens is 1. The highest BCUT2D eigenvalue weighted by Crippen LogP contribution is 2.30. The Balaban J connectivity index is 2.18. The van der Waals surface area contributed by atoms with Crippen molar-refractivity contribution in [2.75, 3.05) is 26.2 Å². The lowest BCUT2D eigenvalue weighted by Gasteiger charge is -2.35.